The fourth-order valence-corrected chi connectivity index (χ4v) is 2.91. The van der Waals surface area contributed by atoms with E-state index in [1.54, 1.807) is 7.11 Å². The third-order valence-corrected chi connectivity index (χ3v) is 3.84. The van der Waals surface area contributed by atoms with Crippen molar-refractivity contribution in [1.29, 1.82) is 0 Å². The molecular formula is C17H28ClNO3. The number of methoxy groups -OCH3 is 1. The summed E-state index contributed by atoms with van der Waals surface area (Å²) < 4.78 is 11.1. The van der Waals surface area contributed by atoms with E-state index in [1.807, 2.05) is 38.4 Å². The predicted molar refractivity (Wildman–Crippen MR) is 91.7 cm³/mol. The molecule has 0 N–H and O–H groups in total. The van der Waals surface area contributed by atoms with E-state index in [0.29, 0.717) is 0 Å². The molecule has 1 aromatic rings. The first-order valence-corrected chi connectivity index (χ1v) is 7.34. The van der Waals surface area contributed by atoms with Crippen molar-refractivity contribution in [3.05, 3.63) is 29.8 Å². The lowest BCUT2D eigenvalue weighted by atomic mass is 9.79. The molecule has 0 saturated carbocycles. The third kappa shape index (κ3) is 4.89. The molecule has 0 radical (unpaired) electrons. The van der Waals surface area contributed by atoms with Crippen LogP contribution in [0.3, 0.4) is 0 Å². The van der Waals surface area contributed by atoms with Crippen molar-refractivity contribution in [2.24, 2.45) is 5.92 Å². The Morgan fingerprint density at radius 3 is 2.45 bits per heavy atom. The fraction of sp³-hybridized carbons (Fsp3) is 0.588. The normalized spacial score (nSPS) is 14.7. The molecule has 0 aromatic heterocycles. The van der Waals surface area contributed by atoms with E-state index < -0.39 is 5.60 Å². The monoisotopic (exact) mass is 329 g/mol. The van der Waals surface area contributed by atoms with Crippen molar-refractivity contribution < 1.29 is 14.3 Å². The molecule has 0 heterocycles. The lowest BCUT2D eigenvalue weighted by Crippen LogP contribution is -2.42. The standard InChI is InChI=1S/C17H27NO3.ClH/c1-7-17(21-14(3)19,13(2)12-18(4)5)15-9-8-10-16(11-15)20-6;/h8-11,13H,7,12H2,1-6H3;1H/t13-,17-;/m1./s1. The summed E-state index contributed by atoms with van der Waals surface area (Å²) >= 11 is 0. The van der Waals surface area contributed by atoms with Crippen LogP contribution in [0, 0.1) is 5.92 Å². The number of nitrogens with zero attached hydrogens (tertiary/aromatic N) is 1. The van der Waals surface area contributed by atoms with Gasteiger partial charge in [-0.3, -0.25) is 4.79 Å². The second-order valence-corrected chi connectivity index (χ2v) is 5.73. The lowest BCUT2D eigenvalue weighted by Gasteiger charge is -2.39. The highest BCUT2D eigenvalue weighted by molar-refractivity contribution is 5.85. The maximum Gasteiger partial charge on any atom is 0.303 e. The van der Waals surface area contributed by atoms with E-state index >= 15 is 0 Å². The maximum atomic E-state index is 11.7. The van der Waals surface area contributed by atoms with E-state index in [0.717, 1.165) is 24.3 Å². The molecule has 0 saturated heterocycles. The molecule has 1 aromatic carbocycles. The highest BCUT2D eigenvalue weighted by atomic mass is 35.5. The molecule has 0 unspecified atom stereocenters. The number of ether oxygens (including phenoxy) is 2. The van der Waals surface area contributed by atoms with Crippen molar-refractivity contribution in [2.75, 3.05) is 27.7 Å². The van der Waals surface area contributed by atoms with Gasteiger partial charge in [-0.1, -0.05) is 26.0 Å². The summed E-state index contributed by atoms with van der Waals surface area (Å²) in [7, 11) is 5.69. The molecule has 0 spiro atoms. The molecule has 0 aliphatic rings. The summed E-state index contributed by atoms with van der Waals surface area (Å²) in [4.78, 5) is 13.8. The Morgan fingerprint density at radius 1 is 1.36 bits per heavy atom. The van der Waals surface area contributed by atoms with Crippen LogP contribution in [0.1, 0.15) is 32.8 Å². The number of carbonyl (C=O) groups is 1. The van der Waals surface area contributed by atoms with Gasteiger partial charge in [-0.2, -0.15) is 0 Å². The summed E-state index contributed by atoms with van der Waals surface area (Å²) in [6.45, 7) is 6.46. The average molecular weight is 330 g/mol. The number of benzene rings is 1. The number of carbonyl (C=O) groups excluding carboxylic acids is 1. The summed E-state index contributed by atoms with van der Waals surface area (Å²) in [6, 6.07) is 7.79. The quantitative estimate of drug-likeness (QED) is 0.718. The number of halogens is 1. The SMILES string of the molecule is CC[C@](OC(C)=O)(c1cccc(OC)c1)[C@H](C)CN(C)C.Cl. The minimum atomic E-state index is -0.634. The summed E-state index contributed by atoms with van der Waals surface area (Å²) in [5.41, 5.74) is 0.346. The molecule has 126 valence electrons. The Bertz CT molecular complexity index is 479. The Kier molecular flexibility index (Phi) is 8.49. The van der Waals surface area contributed by atoms with E-state index in [-0.39, 0.29) is 24.3 Å². The van der Waals surface area contributed by atoms with Gasteiger partial charge in [0.1, 0.15) is 11.4 Å². The van der Waals surface area contributed by atoms with Gasteiger partial charge in [0.05, 0.1) is 7.11 Å². The molecular weight excluding hydrogens is 302 g/mol. The summed E-state index contributed by atoms with van der Waals surface area (Å²) in [6.07, 6.45) is 0.717. The number of hydrogen-bond acceptors (Lipinski definition) is 4. The van der Waals surface area contributed by atoms with Crippen LogP contribution in [0.15, 0.2) is 24.3 Å². The second kappa shape index (κ2) is 9.01. The number of esters is 1. The van der Waals surface area contributed by atoms with E-state index in [1.165, 1.54) is 6.92 Å². The zero-order chi connectivity index (χ0) is 16.0. The minimum Gasteiger partial charge on any atom is -0.497 e. The topological polar surface area (TPSA) is 38.8 Å². The van der Waals surface area contributed by atoms with E-state index in [4.69, 9.17) is 9.47 Å². The van der Waals surface area contributed by atoms with Crippen molar-refractivity contribution in [2.45, 2.75) is 32.8 Å². The van der Waals surface area contributed by atoms with Crippen molar-refractivity contribution >= 4 is 18.4 Å². The van der Waals surface area contributed by atoms with E-state index in [9.17, 15) is 4.79 Å². The molecule has 22 heavy (non-hydrogen) atoms. The van der Waals surface area contributed by atoms with Crippen LogP contribution in [0.5, 0.6) is 5.75 Å². The average Bonchev–Trinajstić information content (AvgIpc) is 2.43. The zero-order valence-corrected chi connectivity index (χ0v) is 15.2. The highest BCUT2D eigenvalue weighted by Crippen LogP contribution is 2.39. The lowest BCUT2D eigenvalue weighted by molar-refractivity contribution is -0.166. The molecule has 0 amide bonds. The van der Waals surface area contributed by atoms with Gasteiger partial charge in [0.15, 0.2) is 0 Å². The number of hydrogen-bond donors (Lipinski definition) is 0. The van der Waals surface area contributed by atoms with E-state index in [2.05, 4.69) is 18.7 Å². The Balaban J connectivity index is 0.00000441. The molecule has 0 aliphatic heterocycles. The van der Waals surface area contributed by atoms with Gasteiger partial charge in [-0.15, -0.1) is 12.4 Å². The molecule has 0 bridgehead atoms. The molecule has 2 atom stereocenters. The van der Waals surface area contributed by atoms with Crippen LogP contribution in [-0.4, -0.2) is 38.6 Å². The first-order valence-electron chi connectivity index (χ1n) is 7.34. The van der Waals surface area contributed by atoms with Gasteiger partial charge in [-0.25, -0.2) is 0 Å². The first-order chi connectivity index (χ1) is 9.85. The van der Waals surface area contributed by atoms with Gasteiger partial charge in [0, 0.05) is 19.4 Å². The summed E-state index contributed by atoms with van der Waals surface area (Å²) in [5.74, 6) is 0.674. The van der Waals surface area contributed by atoms with Crippen LogP contribution < -0.4 is 4.74 Å². The summed E-state index contributed by atoms with van der Waals surface area (Å²) in [5, 5.41) is 0. The fourth-order valence-electron chi connectivity index (χ4n) is 2.91. The minimum absolute atomic E-state index is 0. The van der Waals surface area contributed by atoms with Crippen LogP contribution in [0.2, 0.25) is 0 Å². The van der Waals surface area contributed by atoms with Crippen LogP contribution in [-0.2, 0) is 15.1 Å². The van der Waals surface area contributed by atoms with Gasteiger partial charge < -0.3 is 14.4 Å². The molecule has 0 fully saturated rings. The van der Waals surface area contributed by atoms with Gasteiger partial charge >= 0.3 is 5.97 Å². The smallest absolute Gasteiger partial charge is 0.303 e. The number of rotatable bonds is 7. The predicted octanol–water partition coefficient (Wildman–Crippen LogP) is 3.48. The molecule has 0 aliphatic carbocycles. The van der Waals surface area contributed by atoms with Crippen LogP contribution in [0.25, 0.3) is 0 Å². The first kappa shape index (κ1) is 20.7. The van der Waals surface area contributed by atoms with Crippen molar-refractivity contribution in [3.8, 4) is 5.75 Å². The Labute approximate surface area is 140 Å². The van der Waals surface area contributed by atoms with Crippen LogP contribution >= 0.6 is 12.4 Å². The van der Waals surface area contributed by atoms with Crippen LogP contribution in [0.4, 0.5) is 0 Å². The highest BCUT2D eigenvalue weighted by Gasteiger charge is 2.40. The second-order valence-electron chi connectivity index (χ2n) is 5.73. The third-order valence-electron chi connectivity index (χ3n) is 3.84. The molecule has 1 rings (SSSR count). The Morgan fingerprint density at radius 2 is 2.00 bits per heavy atom. The molecule has 5 heteroatoms. The zero-order valence-electron chi connectivity index (χ0n) is 14.4. The van der Waals surface area contributed by atoms with Gasteiger partial charge in [0.25, 0.3) is 0 Å². The molecule has 4 nitrogen and oxygen atoms in total. The van der Waals surface area contributed by atoms with Gasteiger partial charge in [0.2, 0.25) is 0 Å². The maximum absolute atomic E-state index is 11.7. The van der Waals surface area contributed by atoms with Crippen molar-refractivity contribution in [1.82, 2.24) is 4.90 Å². The van der Waals surface area contributed by atoms with Gasteiger partial charge in [-0.05, 0) is 38.2 Å². The largest absolute Gasteiger partial charge is 0.497 e. The Hall–Kier alpha value is -1.26. The van der Waals surface area contributed by atoms with Crippen molar-refractivity contribution in [3.63, 3.8) is 0 Å².